The predicted octanol–water partition coefficient (Wildman–Crippen LogP) is 6.00. The molecule has 4 aromatic rings. The minimum absolute atomic E-state index is 0.00940. The highest BCUT2D eigenvalue weighted by Gasteiger charge is 2.43. The number of carbonyl (C=O) groups is 1. The molecule has 1 saturated carbocycles. The number of hydrogen-bond acceptors (Lipinski definition) is 4. The lowest BCUT2D eigenvalue weighted by molar-refractivity contribution is -0.141. The summed E-state index contributed by atoms with van der Waals surface area (Å²) < 4.78 is 45.7. The van der Waals surface area contributed by atoms with E-state index >= 15 is 0 Å². The maximum absolute atomic E-state index is 14.2. The number of aromatic nitrogens is 5. The standard InChI is InChI=1S/C30H31F3N6O/c1-4-38-17-25(28(36-38)30(31,32)33)23-14-20(16-37-12-10-34-19(37)3)15-24-22(23)8-11-39(29(24)40)27(21-5-6-21)26-13-18(2)7-9-35-26/h7,9-10,12-15,17,21,27H,4-6,8,11,16H2,1-3H3. The molecule has 1 amide bonds. The quantitative estimate of drug-likeness (QED) is 0.284. The normalized spacial score (nSPS) is 16.4. The first-order valence-corrected chi connectivity index (χ1v) is 13.7. The number of nitrogens with zero attached hydrogens (tertiary/aromatic N) is 6. The number of aryl methyl sites for hydroxylation is 3. The zero-order valence-electron chi connectivity index (χ0n) is 22.7. The van der Waals surface area contributed by atoms with Gasteiger partial charge in [0.1, 0.15) is 5.82 Å². The monoisotopic (exact) mass is 548 g/mol. The average molecular weight is 549 g/mol. The Morgan fingerprint density at radius 3 is 2.48 bits per heavy atom. The van der Waals surface area contributed by atoms with Crippen LogP contribution in [-0.2, 0) is 25.7 Å². The molecule has 40 heavy (non-hydrogen) atoms. The van der Waals surface area contributed by atoms with Crippen LogP contribution in [0.5, 0.6) is 0 Å². The maximum Gasteiger partial charge on any atom is 0.435 e. The van der Waals surface area contributed by atoms with Crippen molar-refractivity contribution < 1.29 is 18.0 Å². The summed E-state index contributed by atoms with van der Waals surface area (Å²) in [5.41, 5.74) is 3.27. The van der Waals surface area contributed by atoms with Gasteiger partial charge in [0.05, 0.1) is 11.7 Å². The summed E-state index contributed by atoms with van der Waals surface area (Å²) in [7, 11) is 0. The zero-order valence-corrected chi connectivity index (χ0v) is 22.7. The van der Waals surface area contributed by atoms with Gasteiger partial charge in [-0.25, -0.2) is 4.98 Å². The van der Waals surface area contributed by atoms with Crippen molar-refractivity contribution in [3.63, 3.8) is 0 Å². The Kier molecular flexibility index (Phi) is 6.51. The Labute approximate surface area is 230 Å². The third kappa shape index (κ3) is 4.80. The van der Waals surface area contributed by atoms with E-state index in [4.69, 9.17) is 0 Å². The van der Waals surface area contributed by atoms with Crippen LogP contribution in [0.25, 0.3) is 11.1 Å². The topological polar surface area (TPSA) is 68.8 Å². The second-order valence-corrected chi connectivity index (χ2v) is 10.8. The number of amides is 1. The highest BCUT2D eigenvalue weighted by Crippen LogP contribution is 2.47. The summed E-state index contributed by atoms with van der Waals surface area (Å²) in [5.74, 6) is 0.945. The van der Waals surface area contributed by atoms with E-state index in [2.05, 4.69) is 15.1 Å². The van der Waals surface area contributed by atoms with Crippen molar-refractivity contribution in [2.24, 2.45) is 5.92 Å². The minimum Gasteiger partial charge on any atom is -0.331 e. The van der Waals surface area contributed by atoms with Gasteiger partial charge in [-0.2, -0.15) is 18.3 Å². The van der Waals surface area contributed by atoms with Crippen LogP contribution in [0.1, 0.15) is 70.1 Å². The number of hydrogen-bond donors (Lipinski definition) is 0. The smallest absolute Gasteiger partial charge is 0.331 e. The van der Waals surface area contributed by atoms with Crippen molar-refractivity contribution >= 4 is 5.91 Å². The Morgan fingerprint density at radius 1 is 1.05 bits per heavy atom. The molecule has 0 spiro atoms. The summed E-state index contributed by atoms with van der Waals surface area (Å²) in [5, 5.41) is 3.86. The summed E-state index contributed by atoms with van der Waals surface area (Å²) in [6.45, 7) is 6.73. The number of alkyl halides is 3. The van der Waals surface area contributed by atoms with Gasteiger partial charge in [-0.15, -0.1) is 0 Å². The van der Waals surface area contributed by atoms with Gasteiger partial charge in [0.2, 0.25) is 0 Å². The predicted molar refractivity (Wildman–Crippen MR) is 144 cm³/mol. The van der Waals surface area contributed by atoms with Crippen molar-refractivity contribution in [2.75, 3.05) is 6.54 Å². The molecule has 0 N–H and O–H groups in total. The molecule has 208 valence electrons. The lowest BCUT2D eigenvalue weighted by atomic mass is 9.87. The van der Waals surface area contributed by atoms with E-state index < -0.39 is 11.9 Å². The molecule has 0 bridgehead atoms. The molecule has 1 aliphatic heterocycles. The Hall–Kier alpha value is -3.95. The second kappa shape index (κ2) is 9.91. The number of carbonyl (C=O) groups excluding carboxylic acids is 1. The van der Waals surface area contributed by atoms with E-state index in [1.165, 1.54) is 10.9 Å². The summed E-state index contributed by atoms with van der Waals surface area (Å²) in [6.07, 6.45) is 4.60. The molecule has 1 aromatic carbocycles. The molecular formula is C30H31F3N6O. The van der Waals surface area contributed by atoms with Crippen LogP contribution in [-0.4, -0.2) is 41.7 Å². The molecular weight excluding hydrogens is 517 g/mol. The van der Waals surface area contributed by atoms with Gasteiger partial charge in [-0.05, 0) is 92.5 Å². The van der Waals surface area contributed by atoms with E-state index in [0.29, 0.717) is 48.7 Å². The third-order valence-corrected chi connectivity index (χ3v) is 7.97. The number of halogens is 3. The van der Waals surface area contributed by atoms with Crippen molar-refractivity contribution in [1.29, 1.82) is 0 Å². The first-order valence-electron chi connectivity index (χ1n) is 13.7. The zero-order chi connectivity index (χ0) is 28.2. The van der Waals surface area contributed by atoms with Gasteiger partial charge in [0.25, 0.3) is 5.91 Å². The number of pyridine rings is 1. The second-order valence-electron chi connectivity index (χ2n) is 10.8. The van der Waals surface area contributed by atoms with Gasteiger partial charge < -0.3 is 9.47 Å². The first kappa shape index (κ1) is 26.3. The van der Waals surface area contributed by atoms with Crippen LogP contribution in [0.4, 0.5) is 13.2 Å². The van der Waals surface area contributed by atoms with Crippen LogP contribution in [0.15, 0.2) is 49.1 Å². The number of benzene rings is 1. The van der Waals surface area contributed by atoms with Gasteiger partial charge in [0, 0.05) is 55.5 Å². The molecule has 1 atom stereocenters. The fourth-order valence-electron chi connectivity index (χ4n) is 5.82. The van der Waals surface area contributed by atoms with Crippen LogP contribution >= 0.6 is 0 Å². The molecule has 1 aliphatic carbocycles. The van der Waals surface area contributed by atoms with E-state index in [9.17, 15) is 18.0 Å². The number of fused-ring (bicyclic) bond motifs is 1. The van der Waals surface area contributed by atoms with Gasteiger partial charge in [0.15, 0.2) is 5.69 Å². The van der Waals surface area contributed by atoms with E-state index in [1.54, 1.807) is 25.4 Å². The largest absolute Gasteiger partial charge is 0.435 e. The van der Waals surface area contributed by atoms with Gasteiger partial charge in [-0.3, -0.25) is 14.5 Å². The van der Waals surface area contributed by atoms with E-state index in [1.807, 2.05) is 47.7 Å². The van der Waals surface area contributed by atoms with Gasteiger partial charge in [-0.1, -0.05) is 0 Å². The highest BCUT2D eigenvalue weighted by molar-refractivity contribution is 5.99. The molecule has 0 saturated heterocycles. The summed E-state index contributed by atoms with van der Waals surface area (Å²) >= 11 is 0. The SMILES string of the molecule is CCn1cc(-c2cc(Cn3ccnc3C)cc3c2CCN(C(c2cc(C)ccn2)C2CC2)C3=O)c(C(F)(F)F)n1. The van der Waals surface area contributed by atoms with Gasteiger partial charge >= 0.3 is 6.18 Å². The average Bonchev–Trinajstić information content (AvgIpc) is 3.50. The van der Waals surface area contributed by atoms with Crippen molar-refractivity contribution in [1.82, 2.24) is 29.2 Å². The first-order chi connectivity index (χ1) is 19.1. The fourth-order valence-corrected chi connectivity index (χ4v) is 5.82. The lowest BCUT2D eigenvalue weighted by Gasteiger charge is -2.36. The Balaban J connectivity index is 1.49. The molecule has 0 radical (unpaired) electrons. The maximum atomic E-state index is 14.2. The number of imidazole rings is 1. The van der Waals surface area contributed by atoms with Crippen LogP contribution in [0, 0.1) is 19.8 Å². The minimum atomic E-state index is -4.63. The Morgan fingerprint density at radius 2 is 1.82 bits per heavy atom. The van der Waals surface area contributed by atoms with Crippen molar-refractivity contribution in [2.45, 2.75) is 65.3 Å². The lowest BCUT2D eigenvalue weighted by Crippen LogP contribution is -2.42. The van der Waals surface area contributed by atoms with E-state index in [0.717, 1.165) is 35.5 Å². The Bertz CT molecular complexity index is 1580. The molecule has 7 nitrogen and oxygen atoms in total. The molecule has 3 aromatic heterocycles. The van der Waals surface area contributed by atoms with E-state index in [-0.39, 0.29) is 17.5 Å². The fraction of sp³-hybridized carbons (Fsp3) is 0.400. The molecule has 2 aliphatic rings. The van der Waals surface area contributed by atoms with Crippen LogP contribution in [0.2, 0.25) is 0 Å². The molecule has 10 heteroatoms. The summed E-state index contributed by atoms with van der Waals surface area (Å²) in [6, 6.07) is 7.44. The van der Waals surface area contributed by atoms with Crippen LogP contribution in [0.3, 0.4) is 0 Å². The summed E-state index contributed by atoms with van der Waals surface area (Å²) in [4.78, 5) is 25.0. The van der Waals surface area contributed by atoms with Crippen LogP contribution < -0.4 is 0 Å². The number of rotatable bonds is 7. The molecule has 4 heterocycles. The highest BCUT2D eigenvalue weighted by atomic mass is 19.4. The molecule has 1 unspecified atom stereocenters. The van der Waals surface area contributed by atoms with Crippen molar-refractivity contribution in [3.05, 3.63) is 88.5 Å². The van der Waals surface area contributed by atoms with Crippen molar-refractivity contribution in [3.8, 4) is 11.1 Å². The molecule has 6 rings (SSSR count). The third-order valence-electron chi connectivity index (χ3n) is 7.97. The molecule has 1 fully saturated rings.